The maximum Gasteiger partial charge on any atom is 0.414 e. The summed E-state index contributed by atoms with van der Waals surface area (Å²) in [7, 11) is 0. The molecule has 1 aliphatic rings. The highest BCUT2D eigenvalue weighted by molar-refractivity contribution is 5.95. The lowest BCUT2D eigenvalue weighted by atomic mass is 10.1. The highest BCUT2D eigenvalue weighted by Gasteiger charge is 2.43. The topological polar surface area (TPSA) is 71.5 Å². The summed E-state index contributed by atoms with van der Waals surface area (Å²) in [5.41, 5.74) is -0.445. The molecule has 1 fully saturated rings. The smallest absolute Gasteiger partial charge is 0.414 e. The molecule has 1 heterocycles. The molecule has 0 bridgehead atoms. The van der Waals surface area contributed by atoms with Crippen LogP contribution in [0.15, 0.2) is 42.6 Å². The van der Waals surface area contributed by atoms with Crippen molar-refractivity contribution in [2.24, 2.45) is 5.92 Å². The molecule has 1 amide bonds. The zero-order valence-corrected chi connectivity index (χ0v) is 13.7. The molecular weight excluding hydrogens is 349 g/mol. The molecule has 1 unspecified atom stereocenters. The van der Waals surface area contributed by atoms with Gasteiger partial charge in [-0.1, -0.05) is 6.07 Å². The molecule has 3 rings (SSSR count). The second-order valence-electron chi connectivity index (χ2n) is 6.17. The summed E-state index contributed by atoms with van der Waals surface area (Å²) >= 11 is 0. The number of rotatable bonds is 6. The van der Waals surface area contributed by atoms with E-state index in [4.69, 9.17) is 4.74 Å². The second kappa shape index (κ2) is 7.23. The molecule has 138 valence electrons. The van der Waals surface area contributed by atoms with Gasteiger partial charge in [0, 0.05) is 17.8 Å². The highest BCUT2D eigenvalue weighted by Crippen LogP contribution is 2.33. The largest absolute Gasteiger partial charge is 0.508 e. The monoisotopic (exact) mass is 366 g/mol. The Bertz CT molecular complexity index is 777. The number of pyridine rings is 1. The van der Waals surface area contributed by atoms with Crippen LogP contribution in [0.1, 0.15) is 34.9 Å². The lowest BCUT2D eigenvalue weighted by Gasteiger charge is -2.21. The van der Waals surface area contributed by atoms with Gasteiger partial charge in [-0.25, -0.2) is 0 Å². The third kappa shape index (κ3) is 4.65. The molecule has 1 saturated carbocycles. The Kier molecular flexibility index (Phi) is 5.01. The van der Waals surface area contributed by atoms with E-state index in [0.29, 0.717) is 12.5 Å². The van der Waals surface area contributed by atoms with Gasteiger partial charge in [0.1, 0.15) is 11.5 Å². The first-order valence-electron chi connectivity index (χ1n) is 8.08. The average Bonchev–Trinajstić information content (AvgIpc) is 3.41. The molecule has 1 aromatic heterocycles. The molecule has 0 spiro atoms. The van der Waals surface area contributed by atoms with Gasteiger partial charge >= 0.3 is 6.18 Å². The number of carbonyl (C=O) groups excluding carboxylic acids is 1. The second-order valence-corrected chi connectivity index (χ2v) is 6.17. The van der Waals surface area contributed by atoms with Gasteiger partial charge in [0.2, 0.25) is 0 Å². The number of hydrogen-bond acceptors (Lipinski definition) is 4. The SMILES string of the molecule is O=C(NC(c1ccccn1)C(F)(F)F)c1cc(O)cc(OCC2CC2)c1. The van der Waals surface area contributed by atoms with Crippen molar-refractivity contribution in [3.63, 3.8) is 0 Å². The predicted octanol–water partition coefficient (Wildman–Crippen LogP) is 3.61. The van der Waals surface area contributed by atoms with Gasteiger partial charge in [-0.15, -0.1) is 0 Å². The summed E-state index contributed by atoms with van der Waals surface area (Å²) in [6, 6.07) is 5.54. The molecular formula is C18H17F3N2O3. The predicted molar refractivity (Wildman–Crippen MR) is 86.8 cm³/mol. The molecule has 0 aliphatic heterocycles. The maximum atomic E-state index is 13.3. The number of carbonyl (C=O) groups is 1. The Hall–Kier alpha value is -2.77. The van der Waals surface area contributed by atoms with Crippen molar-refractivity contribution < 1.29 is 27.8 Å². The molecule has 0 saturated heterocycles. The Labute approximate surface area is 147 Å². The van der Waals surface area contributed by atoms with Crippen LogP contribution in [0.25, 0.3) is 0 Å². The molecule has 1 aliphatic carbocycles. The number of aromatic hydroxyl groups is 1. The Balaban J connectivity index is 1.78. The van der Waals surface area contributed by atoms with Crippen LogP contribution in [0.4, 0.5) is 13.2 Å². The molecule has 1 atom stereocenters. The van der Waals surface area contributed by atoms with Gasteiger partial charge in [-0.3, -0.25) is 9.78 Å². The van der Waals surface area contributed by atoms with Crippen LogP contribution < -0.4 is 10.1 Å². The van der Waals surface area contributed by atoms with E-state index in [0.717, 1.165) is 18.9 Å². The molecule has 2 aromatic rings. The first-order chi connectivity index (χ1) is 12.3. The van der Waals surface area contributed by atoms with Crippen LogP contribution in [-0.2, 0) is 0 Å². The fourth-order valence-corrected chi connectivity index (χ4v) is 2.38. The molecule has 5 nitrogen and oxygen atoms in total. The fourth-order valence-electron chi connectivity index (χ4n) is 2.38. The summed E-state index contributed by atoms with van der Waals surface area (Å²) in [6.45, 7) is 0.448. The number of ether oxygens (including phenoxy) is 1. The number of nitrogens with zero attached hydrogens (tertiary/aromatic N) is 1. The van der Waals surface area contributed by atoms with Gasteiger partial charge in [-0.05, 0) is 43.0 Å². The maximum absolute atomic E-state index is 13.3. The number of halogens is 3. The number of nitrogens with one attached hydrogen (secondary N) is 1. The van der Waals surface area contributed by atoms with Crippen molar-refractivity contribution in [1.82, 2.24) is 10.3 Å². The minimum absolute atomic E-state index is 0.124. The number of hydrogen-bond donors (Lipinski definition) is 2. The average molecular weight is 366 g/mol. The number of phenolic OH excluding ortho intramolecular Hbond substituents is 1. The molecule has 0 radical (unpaired) electrons. The minimum Gasteiger partial charge on any atom is -0.508 e. The third-order valence-electron chi connectivity index (χ3n) is 3.92. The van der Waals surface area contributed by atoms with Crippen LogP contribution in [0.2, 0.25) is 0 Å². The third-order valence-corrected chi connectivity index (χ3v) is 3.92. The van der Waals surface area contributed by atoms with Crippen molar-refractivity contribution >= 4 is 5.91 Å². The van der Waals surface area contributed by atoms with E-state index in [1.807, 2.05) is 5.32 Å². The van der Waals surface area contributed by atoms with E-state index in [2.05, 4.69) is 4.98 Å². The number of benzene rings is 1. The van der Waals surface area contributed by atoms with E-state index >= 15 is 0 Å². The zero-order valence-electron chi connectivity index (χ0n) is 13.7. The van der Waals surface area contributed by atoms with Gasteiger partial charge in [0.25, 0.3) is 5.91 Å². The van der Waals surface area contributed by atoms with Gasteiger partial charge in [-0.2, -0.15) is 13.2 Å². The zero-order chi connectivity index (χ0) is 18.7. The van der Waals surface area contributed by atoms with Gasteiger partial charge in [0.15, 0.2) is 6.04 Å². The lowest BCUT2D eigenvalue weighted by Crippen LogP contribution is -2.38. The molecule has 8 heteroatoms. The minimum atomic E-state index is -4.72. The number of alkyl halides is 3. The first kappa shape index (κ1) is 18.0. The standard InChI is InChI=1S/C18H17F3N2O3/c19-18(20,21)16(15-3-1-2-6-22-15)23-17(25)12-7-13(24)9-14(8-12)26-10-11-4-5-11/h1-3,6-9,11,16,24H,4-5,10H2,(H,23,25). The summed E-state index contributed by atoms with van der Waals surface area (Å²) in [5.74, 6) is -0.549. The van der Waals surface area contributed by atoms with Crippen LogP contribution in [0.5, 0.6) is 11.5 Å². The van der Waals surface area contributed by atoms with Crippen molar-refractivity contribution in [1.29, 1.82) is 0 Å². The first-order valence-corrected chi connectivity index (χ1v) is 8.08. The van der Waals surface area contributed by atoms with E-state index in [1.165, 1.54) is 36.5 Å². The van der Waals surface area contributed by atoms with Crippen LogP contribution in [0, 0.1) is 5.92 Å². The van der Waals surface area contributed by atoms with Gasteiger partial charge < -0.3 is 15.2 Å². The summed E-state index contributed by atoms with van der Waals surface area (Å²) in [4.78, 5) is 16.0. The lowest BCUT2D eigenvalue weighted by molar-refractivity contribution is -0.156. The van der Waals surface area contributed by atoms with Crippen molar-refractivity contribution in [3.05, 3.63) is 53.9 Å². The van der Waals surface area contributed by atoms with Crippen molar-refractivity contribution in [2.75, 3.05) is 6.61 Å². The number of phenols is 1. The Morgan fingerprint density at radius 3 is 2.69 bits per heavy atom. The normalized spacial score (nSPS) is 15.3. The summed E-state index contributed by atoms with van der Waals surface area (Å²) < 4.78 is 45.5. The Morgan fingerprint density at radius 2 is 2.08 bits per heavy atom. The van der Waals surface area contributed by atoms with E-state index < -0.39 is 18.1 Å². The van der Waals surface area contributed by atoms with Crippen molar-refractivity contribution in [2.45, 2.75) is 25.1 Å². The number of aromatic nitrogens is 1. The van der Waals surface area contributed by atoms with Crippen LogP contribution >= 0.6 is 0 Å². The van der Waals surface area contributed by atoms with Crippen LogP contribution in [-0.4, -0.2) is 28.8 Å². The van der Waals surface area contributed by atoms with Gasteiger partial charge in [0.05, 0.1) is 12.3 Å². The number of amides is 1. The van der Waals surface area contributed by atoms with Crippen molar-refractivity contribution in [3.8, 4) is 11.5 Å². The van der Waals surface area contributed by atoms with Crippen LogP contribution in [0.3, 0.4) is 0 Å². The molecule has 1 aromatic carbocycles. The Morgan fingerprint density at radius 1 is 1.31 bits per heavy atom. The van der Waals surface area contributed by atoms with E-state index in [-0.39, 0.29) is 22.8 Å². The highest BCUT2D eigenvalue weighted by atomic mass is 19.4. The van der Waals surface area contributed by atoms with E-state index in [9.17, 15) is 23.1 Å². The quantitative estimate of drug-likeness (QED) is 0.819. The van der Waals surface area contributed by atoms with E-state index in [1.54, 1.807) is 0 Å². The summed E-state index contributed by atoms with van der Waals surface area (Å²) in [6.07, 6.45) is -1.38. The summed E-state index contributed by atoms with van der Waals surface area (Å²) in [5, 5.41) is 11.7. The molecule has 2 N–H and O–H groups in total. The fraction of sp³-hybridized carbons (Fsp3) is 0.333. The molecule has 26 heavy (non-hydrogen) atoms.